The van der Waals surface area contributed by atoms with Crippen LogP contribution in [0.15, 0.2) is 0 Å². The first kappa shape index (κ1) is 13.3. The highest BCUT2D eigenvalue weighted by molar-refractivity contribution is 5.69. The number of ether oxygens (including phenoxy) is 2. The number of hydrogen-bond acceptors (Lipinski definition) is 4. The summed E-state index contributed by atoms with van der Waals surface area (Å²) in [6, 6.07) is 0. The van der Waals surface area contributed by atoms with E-state index in [2.05, 4.69) is 0 Å². The molecule has 1 saturated heterocycles. The van der Waals surface area contributed by atoms with Gasteiger partial charge in [-0.1, -0.05) is 0 Å². The lowest BCUT2D eigenvalue weighted by atomic mass is 10.00. The number of carbonyl (C=O) groups excluding carboxylic acids is 2. The maximum atomic E-state index is 12.0. The molecule has 2 fully saturated rings. The van der Waals surface area contributed by atoms with E-state index in [-0.39, 0.29) is 17.6 Å². The lowest BCUT2D eigenvalue weighted by Gasteiger charge is -2.36. The molecule has 1 atom stereocenters. The van der Waals surface area contributed by atoms with Crippen molar-refractivity contribution in [2.24, 2.45) is 5.41 Å². The Bertz CT molecular complexity index is 343. The zero-order valence-corrected chi connectivity index (χ0v) is 11.3. The highest BCUT2D eigenvalue weighted by Gasteiger charge is 2.52. The van der Waals surface area contributed by atoms with E-state index in [1.165, 1.54) is 0 Å². The second-order valence-electron chi connectivity index (χ2n) is 6.14. The highest BCUT2D eigenvalue weighted by atomic mass is 16.6. The van der Waals surface area contributed by atoms with E-state index in [1.807, 2.05) is 20.8 Å². The van der Waals surface area contributed by atoms with Crippen molar-refractivity contribution in [2.75, 3.05) is 19.7 Å². The smallest absolute Gasteiger partial charge is 0.410 e. The Kier molecular flexibility index (Phi) is 3.36. The normalized spacial score (nSPS) is 26.6. The topological polar surface area (TPSA) is 55.8 Å². The van der Waals surface area contributed by atoms with E-state index in [9.17, 15) is 9.59 Å². The van der Waals surface area contributed by atoms with Gasteiger partial charge in [0.05, 0.1) is 24.7 Å². The summed E-state index contributed by atoms with van der Waals surface area (Å²) < 4.78 is 11.0. The summed E-state index contributed by atoms with van der Waals surface area (Å²) in [4.78, 5) is 24.7. The zero-order chi connectivity index (χ0) is 13.4. The Hall–Kier alpha value is -1.10. The molecule has 1 heterocycles. The molecule has 2 aliphatic rings. The average Bonchev–Trinajstić information content (AvgIpc) is 3.08. The van der Waals surface area contributed by atoms with Crippen LogP contribution in [0.4, 0.5) is 4.79 Å². The summed E-state index contributed by atoms with van der Waals surface area (Å²) >= 11 is 0. The minimum atomic E-state index is -0.493. The lowest BCUT2D eigenvalue weighted by molar-refractivity contribution is -0.123. The fourth-order valence-electron chi connectivity index (χ4n) is 2.15. The van der Waals surface area contributed by atoms with Gasteiger partial charge < -0.3 is 19.2 Å². The number of amides is 1. The molecular weight excluding hydrogens is 234 g/mol. The number of carbonyl (C=O) groups is 2. The summed E-state index contributed by atoms with van der Waals surface area (Å²) in [7, 11) is 0. The number of aldehydes is 1. The van der Waals surface area contributed by atoms with Gasteiger partial charge in [0.1, 0.15) is 11.9 Å². The zero-order valence-electron chi connectivity index (χ0n) is 11.3. The molecule has 0 spiro atoms. The van der Waals surface area contributed by atoms with Crippen LogP contribution in [-0.4, -0.2) is 48.7 Å². The molecule has 0 aromatic heterocycles. The van der Waals surface area contributed by atoms with E-state index in [1.54, 1.807) is 4.90 Å². The molecule has 18 heavy (non-hydrogen) atoms. The minimum Gasteiger partial charge on any atom is -0.444 e. The molecule has 1 amide bonds. The van der Waals surface area contributed by atoms with Gasteiger partial charge in [0.2, 0.25) is 0 Å². The van der Waals surface area contributed by atoms with Gasteiger partial charge in [-0.2, -0.15) is 0 Å². The van der Waals surface area contributed by atoms with Crippen LogP contribution in [0.3, 0.4) is 0 Å². The van der Waals surface area contributed by atoms with E-state index in [4.69, 9.17) is 9.47 Å². The predicted molar refractivity (Wildman–Crippen MR) is 65.3 cm³/mol. The van der Waals surface area contributed by atoms with Crippen molar-refractivity contribution in [1.82, 2.24) is 4.90 Å². The summed E-state index contributed by atoms with van der Waals surface area (Å²) in [5.74, 6) is 0. The Morgan fingerprint density at radius 3 is 2.61 bits per heavy atom. The maximum absolute atomic E-state index is 12.0. The molecule has 5 nitrogen and oxygen atoms in total. The van der Waals surface area contributed by atoms with E-state index >= 15 is 0 Å². The molecule has 0 radical (unpaired) electrons. The minimum absolute atomic E-state index is 0.170. The van der Waals surface area contributed by atoms with Gasteiger partial charge >= 0.3 is 6.09 Å². The molecule has 102 valence electrons. The first-order chi connectivity index (χ1) is 8.36. The molecule has 1 aliphatic heterocycles. The van der Waals surface area contributed by atoms with Crippen LogP contribution >= 0.6 is 0 Å². The fraction of sp³-hybridized carbons (Fsp3) is 0.846. The molecule has 1 saturated carbocycles. The van der Waals surface area contributed by atoms with Crippen LogP contribution in [0.1, 0.15) is 33.6 Å². The van der Waals surface area contributed by atoms with Gasteiger partial charge in [-0.3, -0.25) is 0 Å². The quantitative estimate of drug-likeness (QED) is 0.703. The molecule has 1 aliphatic carbocycles. The molecule has 0 N–H and O–H groups in total. The molecule has 5 heteroatoms. The SMILES string of the molecule is CC(C)(C)OC(=O)N1CCOC(C2(C=O)CC2)C1. The van der Waals surface area contributed by atoms with Crippen LogP contribution in [0.5, 0.6) is 0 Å². The largest absolute Gasteiger partial charge is 0.444 e. The number of rotatable bonds is 2. The van der Waals surface area contributed by atoms with E-state index in [0.717, 1.165) is 19.1 Å². The molecule has 0 aromatic carbocycles. The van der Waals surface area contributed by atoms with Crippen molar-refractivity contribution < 1.29 is 19.1 Å². The third-order valence-electron chi connectivity index (χ3n) is 3.42. The van der Waals surface area contributed by atoms with Crippen LogP contribution in [-0.2, 0) is 14.3 Å². The Balaban J connectivity index is 1.94. The van der Waals surface area contributed by atoms with Gasteiger partial charge in [0.25, 0.3) is 0 Å². The fourth-order valence-corrected chi connectivity index (χ4v) is 2.15. The second-order valence-corrected chi connectivity index (χ2v) is 6.14. The van der Waals surface area contributed by atoms with Crippen LogP contribution < -0.4 is 0 Å². The van der Waals surface area contributed by atoms with Crippen LogP contribution in [0.2, 0.25) is 0 Å². The van der Waals surface area contributed by atoms with Crippen LogP contribution in [0, 0.1) is 5.41 Å². The second kappa shape index (κ2) is 4.53. The molecule has 0 bridgehead atoms. The summed E-state index contributed by atoms with van der Waals surface area (Å²) in [5, 5.41) is 0. The van der Waals surface area contributed by atoms with Gasteiger partial charge in [0.15, 0.2) is 0 Å². The van der Waals surface area contributed by atoms with Gasteiger partial charge in [0, 0.05) is 6.54 Å². The maximum Gasteiger partial charge on any atom is 0.410 e. The molecule has 0 aromatic rings. The lowest BCUT2D eigenvalue weighted by Crippen LogP contribution is -2.50. The molecular formula is C13H21NO4. The third-order valence-corrected chi connectivity index (χ3v) is 3.42. The first-order valence-electron chi connectivity index (χ1n) is 6.42. The third kappa shape index (κ3) is 2.83. The summed E-state index contributed by atoms with van der Waals surface area (Å²) in [5.41, 5.74) is -0.840. The van der Waals surface area contributed by atoms with Gasteiger partial charge in [-0.15, -0.1) is 0 Å². The van der Waals surface area contributed by atoms with Crippen molar-refractivity contribution in [3.05, 3.63) is 0 Å². The van der Waals surface area contributed by atoms with E-state index < -0.39 is 5.60 Å². The van der Waals surface area contributed by atoms with Gasteiger partial charge in [-0.05, 0) is 33.6 Å². The standard InChI is InChI=1S/C13H21NO4/c1-12(2,3)18-11(16)14-6-7-17-10(8-14)13(9-15)4-5-13/h9-10H,4-8H2,1-3H3. The summed E-state index contributed by atoms with van der Waals surface area (Å²) in [6.07, 6.45) is 2.22. The number of morpholine rings is 1. The Morgan fingerprint density at radius 1 is 1.44 bits per heavy atom. The summed E-state index contributed by atoms with van der Waals surface area (Å²) in [6.45, 7) is 6.98. The van der Waals surface area contributed by atoms with Crippen molar-refractivity contribution in [3.63, 3.8) is 0 Å². The van der Waals surface area contributed by atoms with Crippen molar-refractivity contribution in [3.8, 4) is 0 Å². The highest BCUT2D eigenvalue weighted by Crippen LogP contribution is 2.48. The molecule has 2 rings (SSSR count). The molecule has 1 unspecified atom stereocenters. The van der Waals surface area contributed by atoms with Crippen molar-refractivity contribution in [2.45, 2.75) is 45.3 Å². The first-order valence-corrected chi connectivity index (χ1v) is 6.42. The van der Waals surface area contributed by atoms with E-state index in [0.29, 0.717) is 19.7 Å². The number of nitrogens with zero attached hydrogens (tertiary/aromatic N) is 1. The predicted octanol–water partition coefficient (Wildman–Crippen LogP) is 1.60. The van der Waals surface area contributed by atoms with Crippen LogP contribution in [0.25, 0.3) is 0 Å². The monoisotopic (exact) mass is 255 g/mol. The van der Waals surface area contributed by atoms with Gasteiger partial charge in [-0.25, -0.2) is 4.79 Å². The number of hydrogen-bond donors (Lipinski definition) is 0. The van der Waals surface area contributed by atoms with Crippen molar-refractivity contribution in [1.29, 1.82) is 0 Å². The van der Waals surface area contributed by atoms with Crippen molar-refractivity contribution >= 4 is 12.4 Å². The Morgan fingerprint density at radius 2 is 2.11 bits per heavy atom. The Labute approximate surface area is 107 Å². The average molecular weight is 255 g/mol.